The van der Waals surface area contributed by atoms with E-state index in [1.54, 1.807) is 0 Å². The number of piperidine rings is 1. The number of nitrogens with zero attached hydrogens (tertiary/aromatic N) is 3. The molecule has 1 saturated heterocycles. The Labute approximate surface area is 124 Å². The third kappa shape index (κ3) is 3.31. The Morgan fingerprint density at radius 3 is 2.76 bits per heavy atom. The van der Waals surface area contributed by atoms with Crippen molar-refractivity contribution in [2.75, 3.05) is 19.7 Å². The van der Waals surface area contributed by atoms with Gasteiger partial charge in [-0.1, -0.05) is 23.4 Å². The first-order valence-corrected chi connectivity index (χ1v) is 7.48. The highest BCUT2D eigenvalue weighted by molar-refractivity contribution is 5.57. The van der Waals surface area contributed by atoms with Crippen LogP contribution in [0.5, 0.6) is 0 Å². The highest BCUT2D eigenvalue weighted by Gasteiger charge is 2.20. The third-order valence-corrected chi connectivity index (χ3v) is 4.17. The van der Waals surface area contributed by atoms with Gasteiger partial charge in [0.25, 0.3) is 5.89 Å². The highest BCUT2D eigenvalue weighted by atomic mass is 16.5. The molecule has 0 atom stereocenters. The number of hydrogen-bond donors (Lipinski definition) is 1. The maximum atomic E-state index is 9.16. The normalized spacial score (nSPS) is 17.2. The zero-order valence-electron chi connectivity index (χ0n) is 12.3. The molecule has 21 heavy (non-hydrogen) atoms. The lowest BCUT2D eigenvalue weighted by atomic mass is 9.98. The minimum absolute atomic E-state index is 0.299. The summed E-state index contributed by atoms with van der Waals surface area (Å²) >= 11 is 0. The number of aliphatic hydroxyl groups is 1. The smallest absolute Gasteiger partial charge is 0.258 e. The van der Waals surface area contributed by atoms with Gasteiger partial charge in [-0.15, -0.1) is 0 Å². The number of aryl methyl sites for hydroxylation is 1. The maximum absolute atomic E-state index is 9.16. The van der Waals surface area contributed by atoms with Crippen molar-refractivity contribution in [2.45, 2.75) is 26.3 Å². The Kier molecular flexibility index (Phi) is 4.31. The molecule has 1 fully saturated rings. The van der Waals surface area contributed by atoms with E-state index in [0.717, 1.165) is 42.9 Å². The van der Waals surface area contributed by atoms with E-state index >= 15 is 0 Å². The van der Waals surface area contributed by atoms with Crippen molar-refractivity contribution in [1.82, 2.24) is 15.0 Å². The minimum atomic E-state index is 0.299. The first-order chi connectivity index (χ1) is 10.3. The van der Waals surface area contributed by atoms with E-state index in [0.29, 0.717) is 25.0 Å². The van der Waals surface area contributed by atoms with Crippen LogP contribution in [0.2, 0.25) is 0 Å². The molecule has 2 aromatic rings. The second-order valence-corrected chi connectivity index (χ2v) is 5.73. The van der Waals surface area contributed by atoms with Gasteiger partial charge in [0.15, 0.2) is 5.82 Å². The van der Waals surface area contributed by atoms with Gasteiger partial charge in [-0.05, 0) is 50.4 Å². The standard InChI is InChI=1S/C16H21N3O2/c1-12-4-2-3-5-14(12)16-17-15(18-21-16)10-19-8-6-13(11-20)7-9-19/h2-5,13,20H,6-11H2,1H3. The molecule has 112 valence electrons. The van der Waals surface area contributed by atoms with Crippen molar-refractivity contribution in [3.05, 3.63) is 35.7 Å². The van der Waals surface area contributed by atoms with Crippen molar-refractivity contribution < 1.29 is 9.63 Å². The Balaban J connectivity index is 1.65. The van der Waals surface area contributed by atoms with Crippen molar-refractivity contribution in [3.63, 3.8) is 0 Å². The Morgan fingerprint density at radius 1 is 1.29 bits per heavy atom. The highest BCUT2D eigenvalue weighted by Crippen LogP contribution is 2.22. The van der Waals surface area contributed by atoms with Crippen LogP contribution in [-0.2, 0) is 6.54 Å². The maximum Gasteiger partial charge on any atom is 0.258 e. The topological polar surface area (TPSA) is 62.4 Å². The van der Waals surface area contributed by atoms with Gasteiger partial charge in [-0.3, -0.25) is 4.90 Å². The number of benzene rings is 1. The molecule has 3 rings (SSSR count). The SMILES string of the molecule is Cc1ccccc1-c1nc(CN2CCC(CO)CC2)no1. The summed E-state index contributed by atoms with van der Waals surface area (Å²) in [5.41, 5.74) is 2.13. The van der Waals surface area contributed by atoms with E-state index in [1.807, 2.05) is 31.2 Å². The van der Waals surface area contributed by atoms with E-state index < -0.39 is 0 Å². The van der Waals surface area contributed by atoms with Crippen molar-refractivity contribution in [3.8, 4) is 11.5 Å². The summed E-state index contributed by atoms with van der Waals surface area (Å²) in [6.45, 7) is 5.03. The molecule has 1 aromatic heterocycles. The largest absolute Gasteiger partial charge is 0.396 e. The number of rotatable bonds is 4. The lowest BCUT2D eigenvalue weighted by molar-refractivity contribution is 0.125. The van der Waals surface area contributed by atoms with E-state index in [4.69, 9.17) is 9.63 Å². The molecule has 0 aliphatic carbocycles. The molecule has 1 N–H and O–H groups in total. The van der Waals surface area contributed by atoms with Crippen LogP contribution in [0.4, 0.5) is 0 Å². The van der Waals surface area contributed by atoms with Crippen LogP contribution in [0.3, 0.4) is 0 Å². The van der Waals surface area contributed by atoms with Gasteiger partial charge in [0.1, 0.15) is 0 Å². The van der Waals surface area contributed by atoms with Gasteiger partial charge in [0.2, 0.25) is 0 Å². The molecule has 1 aliphatic heterocycles. The fraction of sp³-hybridized carbons (Fsp3) is 0.500. The fourth-order valence-electron chi connectivity index (χ4n) is 2.77. The van der Waals surface area contributed by atoms with Gasteiger partial charge in [0.05, 0.1) is 6.54 Å². The molecule has 1 aromatic carbocycles. The average Bonchev–Trinajstić information content (AvgIpc) is 2.97. The molecule has 2 heterocycles. The van der Waals surface area contributed by atoms with Gasteiger partial charge < -0.3 is 9.63 Å². The molecule has 0 unspecified atom stereocenters. The number of aliphatic hydroxyl groups excluding tert-OH is 1. The molecule has 5 heteroatoms. The summed E-state index contributed by atoms with van der Waals surface area (Å²) in [4.78, 5) is 6.82. The van der Waals surface area contributed by atoms with Crippen LogP contribution in [0.25, 0.3) is 11.5 Å². The van der Waals surface area contributed by atoms with E-state index in [1.165, 1.54) is 0 Å². The minimum Gasteiger partial charge on any atom is -0.396 e. The van der Waals surface area contributed by atoms with Gasteiger partial charge >= 0.3 is 0 Å². The second kappa shape index (κ2) is 6.37. The Hall–Kier alpha value is -1.72. The number of aromatic nitrogens is 2. The summed E-state index contributed by atoms with van der Waals surface area (Å²) < 4.78 is 5.39. The molecule has 0 amide bonds. The van der Waals surface area contributed by atoms with E-state index in [2.05, 4.69) is 15.0 Å². The van der Waals surface area contributed by atoms with Gasteiger partial charge in [-0.25, -0.2) is 0 Å². The third-order valence-electron chi connectivity index (χ3n) is 4.17. The van der Waals surface area contributed by atoms with E-state index in [9.17, 15) is 0 Å². The zero-order valence-corrected chi connectivity index (χ0v) is 12.3. The van der Waals surface area contributed by atoms with Crippen LogP contribution >= 0.6 is 0 Å². The number of likely N-dealkylation sites (tertiary alicyclic amines) is 1. The lowest BCUT2D eigenvalue weighted by Gasteiger charge is -2.29. The van der Waals surface area contributed by atoms with Crippen LogP contribution in [0.1, 0.15) is 24.2 Å². The molecular weight excluding hydrogens is 266 g/mol. The van der Waals surface area contributed by atoms with E-state index in [-0.39, 0.29) is 0 Å². The second-order valence-electron chi connectivity index (χ2n) is 5.73. The molecule has 0 radical (unpaired) electrons. The predicted molar refractivity (Wildman–Crippen MR) is 79.6 cm³/mol. The van der Waals surface area contributed by atoms with Crippen LogP contribution in [0, 0.1) is 12.8 Å². The summed E-state index contributed by atoms with van der Waals surface area (Å²) in [5.74, 6) is 1.78. The monoisotopic (exact) mass is 287 g/mol. The average molecular weight is 287 g/mol. The molecule has 1 aliphatic rings. The van der Waals surface area contributed by atoms with Crippen LogP contribution in [-0.4, -0.2) is 39.8 Å². The van der Waals surface area contributed by atoms with Gasteiger partial charge in [-0.2, -0.15) is 4.98 Å². The Bertz CT molecular complexity index is 589. The quantitative estimate of drug-likeness (QED) is 0.934. The van der Waals surface area contributed by atoms with Crippen LogP contribution in [0.15, 0.2) is 28.8 Å². The van der Waals surface area contributed by atoms with Crippen molar-refractivity contribution >= 4 is 0 Å². The van der Waals surface area contributed by atoms with Gasteiger partial charge in [0, 0.05) is 12.2 Å². The fourth-order valence-corrected chi connectivity index (χ4v) is 2.77. The predicted octanol–water partition coefficient (Wildman–Crippen LogP) is 2.25. The van der Waals surface area contributed by atoms with Crippen LogP contribution < -0.4 is 0 Å². The summed E-state index contributed by atoms with van der Waals surface area (Å²) in [7, 11) is 0. The van der Waals surface area contributed by atoms with Crippen molar-refractivity contribution in [2.24, 2.45) is 5.92 Å². The molecule has 0 saturated carbocycles. The lowest BCUT2D eigenvalue weighted by Crippen LogP contribution is -2.34. The first-order valence-electron chi connectivity index (χ1n) is 7.48. The van der Waals surface area contributed by atoms with Crippen molar-refractivity contribution in [1.29, 1.82) is 0 Å². The molecule has 5 nitrogen and oxygen atoms in total. The summed E-state index contributed by atoms with van der Waals surface area (Å²) in [6.07, 6.45) is 2.08. The first kappa shape index (κ1) is 14.2. The summed E-state index contributed by atoms with van der Waals surface area (Å²) in [5, 5.41) is 13.3. The molecule has 0 spiro atoms. The molecule has 0 bridgehead atoms. The zero-order chi connectivity index (χ0) is 14.7. The Morgan fingerprint density at radius 2 is 2.05 bits per heavy atom. The summed E-state index contributed by atoms with van der Waals surface area (Å²) in [6, 6.07) is 8.02. The molecular formula is C16H21N3O2. The number of hydrogen-bond acceptors (Lipinski definition) is 5.